The normalized spacial score (nSPS) is 14.8. The lowest BCUT2D eigenvalue weighted by molar-refractivity contribution is -0.134. The maximum atomic E-state index is 14.0. The Labute approximate surface area is 228 Å². The summed E-state index contributed by atoms with van der Waals surface area (Å²) in [5.74, 6) is -2.90. The van der Waals surface area contributed by atoms with E-state index in [1.807, 2.05) is 20.8 Å². The first-order valence-corrected chi connectivity index (χ1v) is 14.9. The van der Waals surface area contributed by atoms with Gasteiger partial charge < -0.3 is 20.1 Å². The second-order valence-corrected chi connectivity index (χ2v) is 12.4. The van der Waals surface area contributed by atoms with Crippen LogP contribution in [0.25, 0.3) is 0 Å². The molecule has 7 nitrogen and oxygen atoms in total. The molecular weight excluding hydrogens is 533 g/mol. The predicted octanol–water partition coefficient (Wildman–Crippen LogP) is 4.65. The average Bonchev–Trinajstić information content (AvgIpc) is 2.89. The van der Waals surface area contributed by atoms with Gasteiger partial charge in [-0.25, -0.2) is 21.6 Å². The first-order chi connectivity index (χ1) is 18.4. The largest absolute Gasteiger partial charge is 0.486 e. The summed E-state index contributed by atoms with van der Waals surface area (Å²) in [6.07, 6.45) is 1.35. The molecule has 0 saturated carbocycles. The van der Waals surface area contributed by atoms with E-state index in [0.29, 0.717) is 56.6 Å². The molecule has 11 heteroatoms. The molecule has 0 fully saturated rings. The maximum Gasteiger partial charge on any atom is 0.223 e. The second-order valence-electron chi connectivity index (χ2n) is 10.3. The van der Waals surface area contributed by atoms with Crippen LogP contribution < -0.4 is 15.2 Å². The van der Waals surface area contributed by atoms with E-state index < -0.39 is 33.3 Å². The highest BCUT2D eigenvalue weighted by molar-refractivity contribution is 7.91. The summed E-state index contributed by atoms with van der Waals surface area (Å²) in [6.45, 7) is 7.03. The van der Waals surface area contributed by atoms with Crippen LogP contribution in [0.1, 0.15) is 52.0 Å². The minimum Gasteiger partial charge on any atom is -0.486 e. The van der Waals surface area contributed by atoms with Crippen molar-refractivity contribution in [1.82, 2.24) is 4.90 Å². The number of nitrogens with two attached hydrogens (primary N) is 1. The topological polar surface area (TPSA) is 98.9 Å². The Morgan fingerprint density at radius 2 is 1.67 bits per heavy atom. The Morgan fingerprint density at radius 3 is 2.33 bits per heavy atom. The number of rotatable bonds is 13. The molecule has 2 atom stereocenters. The number of halogens is 3. The van der Waals surface area contributed by atoms with Crippen LogP contribution in [0.15, 0.2) is 35.2 Å². The van der Waals surface area contributed by atoms with Gasteiger partial charge in [0.15, 0.2) is 33.0 Å². The number of sulfone groups is 1. The third-order valence-corrected chi connectivity index (χ3v) is 8.41. The highest BCUT2D eigenvalue weighted by atomic mass is 32.2. The number of hydrogen-bond acceptors (Lipinski definition) is 6. The molecule has 2 aromatic rings. The van der Waals surface area contributed by atoms with E-state index in [1.54, 1.807) is 11.0 Å². The molecule has 0 spiro atoms. The molecule has 2 N–H and O–H groups in total. The van der Waals surface area contributed by atoms with Crippen molar-refractivity contribution in [2.45, 2.75) is 69.9 Å². The average molecular weight is 571 g/mol. The van der Waals surface area contributed by atoms with Crippen LogP contribution in [0.4, 0.5) is 13.2 Å². The van der Waals surface area contributed by atoms with Crippen molar-refractivity contribution in [3.8, 4) is 11.5 Å². The van der Waals surface area contributed by atoms with E-state index >= 15 is 0 Å². The lowest BCUT2D eigenvalue weighted by atomic mass is 9.97. The highest BCUT2D eigenvalue weighted by Crippen LogP contribution is 2.32. The van der Waals surface area contributed by atoms with Crippen molar-refractivity contribution in [3.05, 3.63) is 53.3 Å². The van der Waals surface area contributed by atoms with Crippen molar-refractivity contribution in [3.63, 3.8) is 0 Å². The first-order valence-electron chi connectivity index (χ1n) is 13.2. The zero-order chi connectivity index (χ0) is 28.7. The molecule has 0 radical (unpaired) electrons. The monoisotopic (exact) mass is 570 g/mol. The Balaban J connectivity index is 1.64. The molecule has 2 aromatic carbocycles. The standard InChI is InChI=1S/C28H37F3N2O5S/c1-4-21(6-5-20(32)13-19-14-24(30)25(31)16-23(19)29)33(17-18(2)3)28(34)9-12-39(35,36)22-7-8-26-27(15-22)38-11-10-37-26/h7-8,14-16,18,20-21H,4-6,9-13,17,32H2,1-3H3/t20-,21?/m0/s1. The van der Waals surface area contributed by atoms with Gasteiger partial charge in [-0.15, -0.1) is 0 Å². The van der Waals surface area contributed by atoms with Gasteiger partial charge in [0.1, 0.15) is 19.0 Å². The Bertz CT molecular complexity index is 1260. The molecule has 1 amide bonds. The predicted molar refractivity (Wildman–Crippen MR) is 142 cm³/mol. The van der Waals surface area contributed by atoms with Crippen molar-refractivity contribution < 1.29 is 35.9 Å². The van der Waals surface area contributed by atoms with Gasteiger partial charge in [-0.05, 0) is 55.4 Å². The zero-order valence-electron chi connectivity index (χ0n) is 22.6. The first kappa shape index (κ1) is 30.7. The molecule has 0 bridgehead atoms. The Hall–Kier alpha value is -2.79. The summed E-state index contributed by atoms with van der Waals surface area (Å²) in [6, 6.07) is 5.00. The van der Waals surface area contributed by atoms with Crippen molar-refractivity contribution in [2.75, 3.05) is 25.5 Å². The second kappa shape index (κ2) is 13.5. The number of fused-ring (bicyclic) bond motifs is 1. The fraction of sp³-hybridized carbons (Fsp3) is 0.536. The number of carbonyl (C=O) groups excluding carboxylic acids is 1. The van der Waals surface area contributed by atoms with Gasteiger partial charge in [0.25, 0.3) is 0 Å². The molecule has 0 saturated heterocycles. The van der Waals surface area contributed by atoms with Gasteiger partial charge in [0, 0.05) is 37.2 Å². The number of benzene rings is 2. The summed E-state index contributed by atoms with van der Waals surface area (Å²) in [5.41, 5.74) is 6.18. The van der Waals surface area contributed by atoms with Crippen LogP contribution in [-0.2, 0) is 21.1 Å². The van der Waals surface area contributed by atoms with Crippen LogP contribution in [0.2, 0.25) is 0 Å². The van der Waals surface area contributed by atoms with E-state index in [0.717, 1.165) is 6.07 Å². The van der Waals surface area contributed by atoms with Crippen LogP contribution in [0.3, 0.4) is 0 Å². The molecule has 3 rings (SSSR count). The summed E-state index contributed by atoms with van der Waals surface area (Å²) >= 11 is 0. The number of nitrogens with zero attached hydrogens (tertiary/aromatic N) is 1. The lowest BCUT2D eigenvalue weighted by Gasteiger charge is -2.33. The fourth-order valence-electron chi connectivity index (χ4n) is 4.64. The number of amides is 1. The SMILES string of the molecule is CCC(CC[C@H](N)Cc1cc(F)c(F)cc1F)N(CC(C)C)C(=O)CCS(=O)(=O)c1ccc2c(c1)OCCO2. The smallest absolute Gasteiger partial charge is 0.223 e. The van der Waals surface area contributed by atoms with E-state index in [2.05, 4.69) is 0 Å². The van der Waals surface area contributed by atoms with Crippen LogP contribution >= 0.6 is 0 Å². The van der Waals surface area contributed by atoms with Gasteiger partial charge in [0.05, 0.1) is 10.6 Å². The molecule has 1 aliphatic rings. The van der Waals surface area contributed by atoms with Crippen molar-refractivity contribution in [1.29, 1.82) is 0 Å². The molecule has 1 heterocycles. The van der Waals surface area contributed by atoms with Gasteiger partial charge in [-0.2, -0.15) is 0 Å². The summed E-state index contributed by atoms with van der Waals surface area (Å²) < 4.78 is 77.8. The molecule has 216 valence electrons. The minimum absolute atomic E-state index is 0.00564. The van der Waals surface area contributed by atoms with Gasteiger partial charge >= 0.3 is 0 Å². The number of carbonyl (C=O) groups is 1. The fourth-order valence-corrected chi connectivity index (χ4v) is 5.88. The molecule has 1 unspecified atom stereocenters. The van der Waals surface area contributed by atoms with E-state index in [9.17, 15) is 26.4 Å². The van der Waals surface area contributed by atoms with Gasteiger partial charge in [-0.3, -0.25) is 4.79 Å². The number of ether oxygens (including phenoxy) is 2. The summed E-state index contributed by atoms with van der Waals surface area (Å²) in [5, 5.41) is 0. The molecular formula is C28H37F3N2O5S. The van der Waals surface area contributed by atoms with E-state index in [4.69, 9.17) is 15.2 Å². The quantitative estimate of drug-likeness (QED) is 0.352. The van der Waals surface area contributed by atoms with Gasteiger partial charge in [-0.1, -0.05) is 20.8 Å². The molecule has 39 heavy (non-hydrogen) atoms. The van der Waals surface area contributed by atoms with Crippen LogP contribution in [-0.4, -0.2) is 56.8 Å². The lowest BCUT2D eigenvalue weighted by Crippen LogP contribution is -2.43. The third-order valence-electron chi connectivity index (χ3n) is 6.69. The molecule has 0 aromatic heterocycles. The van der Waals surface area contributed by atoms with Crippen molar-refractivity contribution in [2.24, 2.45) is 11.7 Å². The molecule has 1 aliphatic heterocycles. The highest BCUT2D eigenvalue weighted by Gasteiger charge is 2.27. The number of hydrogen-bond donors (Lipinski definition) is 1. The Kier molecular flexibility index (Phi) is 10.7. The third kappa shape index (κ3) is 8.35. The maximum absolute atomic E-state index is 14.0. The zero-order valence-corrected chi connectivity index (χ0v) is 23.4. The Morgan fingerprint density at radius 1 is 1.00 bits per heavy atom. The van der Waals surface area contributed by atoms with Gasteiger partial charge in [0.2, 0.25) is 5.91 Å². The summed E-state index contributed by atoms with van der Waals surface area (Å²) in [7, 11) is -3.75. The minimum atomic E-state index is -3.75. The van der Waals surface area contributed by atoms with E-state index in [-0.39, 0.29) is 46.9 Å². The van der Waals surface area contributed by atoms with E-state index in [1.165, 1.54) is 12.1 Å². The van der Waals surface area contributed by atoms with Crippen molar-refractivity contribution >= 4 is 15.7 Å². The molecule has 0 aliphatic carbocycles. The summed E-state index contributed by atoms with van der Waals surface area (Å²) in [4.78, 5) is 15.1. The van der Waals surface area contributed by atoms with Crippen LogP contribution in [0, 0.1) is 23.4 Å². The van der Waals surface area contributed by atoms with Crippen LogP contribution in [0.5, 0.6) is 11.5 Å².